The molecule has 0 fully saturated rings. The number of pyridine rings is 1. The molecular formula is C26H19ClN4O3. The second-order valence-electron chi connectivity index (χ2n) is 7.54. The van der Waals surface area contributed by atoms with Crippen molar-refractivity contribution in [2.24, 2.45) is 0 Å². The van der Waals surface area contributed by atoms with E-state index in [1.54, 1.807) is 54.7 Å². The zero-order valence-corrected chi connectivity index (χ0v) is 19.1. The molecule has 0 spiro atoms. The van der Waals surface area contributed by atoms with Gasteiger partial charge in [0.2, 0.25) is 5.88 Å². The first-order chi connectivity index (χ1) is 16.4. The van der Waals surface area contributed by atoms with Crippen LogP contribution in [-0.2, 0) is 4.79 Å². The van der Waals surface area contributed by atoms with Crippen molar-refractivity contribution in [1.82, 2.24) is 9.38 Å². The van der Waals surface area contributed by atoms with Crippen LogP contribution in [0.5, 0.6) is 11.6 Å². The van der Waals surface area contributed by atoms with Crippen LogP contribution < -0.4 is 15.6 Å². The minimum atomic E-state index is -0.652. The first kappa shape index (κ1) is 22.8. The van der Waals surface area contributed by atoms with Gasteiger partial charge in [0.25, 0.3) is 11.5 Å². The van der Waals surface area contributed by atoms with E-state index in [4.69, 9.17) is 16.3 Å². The van der Waals surface area contributed by atoms with Gasteiger partial charge in [-0.15, -0.1) is 0 Å². The summed E-state index contributed by atoms with van der Waals surface area (Å²) >= 11 is 5.94. The number of nitriles is 1. The lowest BCUT2D eigenvalue weighted by Crippen LogP contribution is -2.20. The first-order valence-corrected chi connectivity index (χ1v) is 10.7. The lowest BCUT2D eigenvalue weighted by Gasteiger charge is -2.11. The Morgan fingerprint density at radius 1 is 1.12 bits per heavy atom. The number of amides is 1. The predicted molar refractivity (Wildman–Crippen MR) is 131 cm³/mol. The number of aryl methyl sites for hydroxylation is 2. The van der Waals surface area contributed by atoms with E-state index in [2.05, 4.69) is 10.3 Å². The smallest absolute Gasteiger partial charge is 0.269 e. The Balaban J connectivity index is 1.78. The summed E-state index contributed by atoms with van der Waals surface area (Å²) in [6.45, 7) is 3.89. The largest absolute Gasteiger partial charge is 0.438 e. The van der Waals surface area contributed by atoms with E-state index in [9.17, 15) is 14.9 Å². The number of aromatic nitrogens is 2. The van der Waals surface area contributed by atoms with E-state index in [1.165, 1.54) is 10.5 Å². The van der Waals surface area contributed by atoms with Crippen LogP contribution in [0.25, 0.3) is 11.7 Å². The molecule has 0 bridgehead atoms. The fourth-order valence-electron chi connectivity index (χ4n) is 3.21. The van der Waals surface area contributed by atoms with E-state index in [-0.39, 0.29) is 17.0 Å². The summed E-state index contributed by atoms with van der Waals surface area (Å²) < 4.78 is 7.17. The molecule has 8 heteroatoms. The number of anilines is 1. The zero-order chi connectivity index (χ0) is 24.2. The lowest BCUT2D eigenvalue weighted by atomic mass is 10.1. The van der Waals surface area contributed by atoms with Gasteiger partial charge < -0.3 is 10.1 Å². The van der Waals surface area contributed by atoms with E-state index >= 15 is 0 Å². The van der Waals surface area contributed by atoms with Crippen LogP contribution in [-0.4, -0.2) is 15.3 Å². The average Bonchev–Trinajstić information content (AvgIpc) is 2.83. The molecule has 0 aliphatic carbocycles. The van der Waals surface area contributed by atoms with E-state index in [1.807, 2.05) is 32.0 Å². The maximum Gasteiger partial charge on any atom is 0.269 e. The van der Waals surface area contributed by atoms with Gasteiger partial charge in [0, 0.05) is 16.9 Å². The fourth-order valence-corrected chi connectivity index (χ4v) is 3.33. The zero-order valence-electron chi connectivity index (χ0n) is 18.4. The van der Waals surface area contributed by atoms with Gasteiger partial charge >= 0.3 is 0 Å². The van der Waals surface area contributed by atoms with Gasteiger partial charge in [-0.25, -0.2) is 0 Å². The number of hydrogen-bond acceptors (Lipinski definition) is 5. The first-order valence-electron chi connectivity index (χ1n) is 10.3. The Morgan fingerprint density at radius 2 is 1.88 bits per heavy atom. The minimum absolute atomic E-state index is 0.0366. The lowest BCUT2D eigenvalue weighted by molar-refractivity contribution is -0.112. The summed E-state index contributed by atoms with van der Waals surface area (Å²) in [7, 11) is 0. The molecule has 4 aromatic rings. The van der Waals surface area contributed by atoms with Crippen LogP contribution in [0.1, 0.15) is 16.7 Å². The number of fused-ring (bicyclic) bond motifs is 1. The third-order valence-corrected chi connectivity index (χ3v) is 5.43. The molecule has 0 radical (unpaired) electrons. The van der Waals surface area contributed by atoms with Gasteiger partial charge in [-0.05, 0) is 79.6 Å². The number of ether oxygens (including phenoxy) is 1. The predicted octanol–water partition coefficient (Wildman–Crippen LogP) is 5.30. The summed E-state index contributed by atoms with van der Waals surface area (Å²) in [4.78, 5) is 30.5. The molecule has 4 rings (SSSR count). The highest BCUT2D eigenvalue weighted by molar-refractivity contribution is 6.30. The topological polar surface area (TPSA) is 96.5 Å². The fraction of sp³-hybridized carbons (Fsp3) is 0.0769. The van der Waals surface area contributed by atoms with Crippen molar-refractivity contribution >= 4 is 34.9 Å². The number of benzene rings is 2. The summed E-state index contributed by atoms with van der Waals surface area (Å²) in [5.41, 5.74) is 2.18. The molecule has 0 atom stereocenters. The average molecular weight is 471 g/mol. The van der Waals surface area contributed by atoms with Crippen molar-refractivity contribution in [3.63, 3.8) is 0 Å². The highest BCUT2D eigenvalue weighted by Crippen LogP contribution is 2.25. The molecular weight excluding hydrogens is 452 g/mol. The normalized spacial score (nSPS) is 11.2. The second-order valence-corrected chi connectivity index (χ2v) is 7.98. The summed E-state index contributed by atoms with van der Waals surface area (Å²) in [6, 6.07) is 18.9. The third kappa shape index (κ3) is 4.82. The highest BCUT2D eigenvalue weighted by atomic mass is 35.5. The Morgan fingerprint density at radius 3 is 2.59 bits per heavy atom. The highest BCUT2D eigenvalue weighted by Gasteiger charge is 2.17. The number of halogens is 1. The van der Waals surface area contributed by atoms with Crippen LogP contribution in [0.2, 0.25) is 5.02 Å². The van der Waals surface area contributed by atoms with Crippen LogP contribution in [0.4, 0.5) is 5.69 Å². The third-order valence-electron chi connectivity index (χ3n) is 5.18. The SMILES string of the molecule is Cc1ccc(NC(=O)/C(C#N)=C\c2c(Oc3ccc(Cl)cc3)nc3ccccn3c2=O)cc1C. The Bertz CT molecular complexity index is 1530. The Hall–Kier alpha value is -4.41. The van der Waals surface area contributed by atoms with Crippen molar-refractivity contribution in [2.45, 2.75) is 13.8 Å². The standard InChI is InChI=1S/C26H19ClN4O3/c1-16-6-9-20(13-17(16)2)29-24(32)18(15-28)14-22-25(34-21-10-7-19(27)8-11-21)30-23-5-3-4-12-31(23)26(22)33/h3-14H,1-2H3,(H,29,32)/b18-14-. The molecule has 0 saturated carbocycles. The quantitative estimate of drug-likeness (QED) is 0.315. The molecule has 0 aliphatic heterocycles. The molecule has 2 heterocycles. The van der Waals surface area contributed by atoms with Crippen molar-refractivity contribution in [1.29, 1.82) is 5.26 Å². The van der Waals surface area contributed by atoms with Crippen LogP contribution in [0.3, 0.4) is 0 Å². The van der Waals surface area contributed by atoms with Gasteiger partial charge in [-0.3, -0.25) is 14.0 Å². The molecule has 168 valence electrons. The van der Waals surface area contributed by atoms with Crippen molar-refractivity contribution < 1.29 is 9.53 Å². The van der Waals surface area contributed by atoms with Gasteiger partial charge in [0.05, 0.1) is 0 Å². The summed E-state index contributed by atoms with van der Waals surface area (Å²) in [6.07, 6.45) is 2.74. The van der Waals surface area contributed by atoms with Crippen molar-refractivity contribution in [2.75, 3.05) is 5.32 Å². The van der Waals surface area contributed by atoms with Gasteiger partial charge in [0.15, 0.2) is 0 Å². The monoisotopic (exact) mass is 470 g/mol. The maximum atomic E-state index is 13.2. The number of carbonyl (C=O) groups excluding carboxylic acids is 1. The number of nitrogens with zero attached hydrogens (tertiary/aromatic N) is 3. The number of rotatable bonds is 5. The van der Waals surface area contributed by atoms with Crippen LogP contribution in [0, 0.1) is 25.2 Å². The molecule has 0 saturated heterocycles. The van der Waals surface area contributed by atoms with Gasteiger partial charge in [-0.1, -0.05) is 23.7 Å². The number of hydrogen-bond donors (Lipinski definition) is 1. The van der Waals surface area contributed by atoms with Crippen LogP contribution in [0.15, 0.2) is 77.2 Å². The number of nitrogens with one attached hydrogen (secondary N) is 1. The molecule has 2 aromatic heterocycles. The second kappa shape index (κ2) is 9.61. The molecule has 0 unspecified atom stereocenters. The molecule has 7 nitrogen and oxygen atoms in total. The maximum absolute atomic E-state index is 13.2. The van der Waals surface area contributed by atoms with E-state index in [0.717, 1.165) is 11.1 Å². The summed E-state index contributed by atoms with van der Waals surface area (Å²) in [5, 5.41) is 12.9. The minimum Gasteiger partial charge on any atom is -0.438 e. The van der Waals surface area contributed by atoms with Crippen molar-refractivity contribution in [3.05, 3.63) is 105 Å². The molecule has 1 amide bonds. The molecule has 1 N–H and O–H groups in total. The van der Waals surface area contributed by atoms with Crippen molar-refractivity contribution in [3.8, 4) is 17.7 Å². The molecule has 2 aromatic carbocycles. The molecule has 0 aliphatic rings. The van der Waals surface area contributed by atoms with E-state index in [0.29, 0.717) is 22.1 Å². The van der Waals surface area contributed by atoms with E-state index < -0.39 is 11.5 Å². The Kier molecular flexibility index (Phi) is 6.44. The molecule has 34 heavy (non-hydrogen) atoms. The van der Waals surface area contributed by atoms with Crippen LogP contribution >= 0.6 is 11.6 Å². The number of carbonyl (C=O) groups is 1. The summed E-state index contributed by atoms with van der Waals surface area (Å²) in [5.74, 6) is -0.296. The van der Waals surface area contributed by atoms with Gasteiger partial charge in [-0.2, -0.15) is 10.2 Å². The van der Waals surface area contributed by atoms with Gasteiger partial charge in [0.1, 0.15) is 28.6 Å². The Labute approximate surface area is 200 Å².